The Labute approximate surface area is 221 Å². The molecule has 0 aliphatic carbocycles. The first-order chi connectivity index (χ1) is 17.9. The molecule has 1 heterocycles. The fraction of sp³-hybridized carbons (Fsp3) is 0.231. The normalized spacial score (nSPS) is 18.2. The van der Waals surface area contributed by atoms with E-state index in [2.05, 4.69) is 10.2 Å². The summed E-state index contributed by atoms with van der Waals surface area (Å²) < 4.78 is 20.3. The number of nitrogens with zero attached hydrogens (tertiary/aromatic N) is 4. The maximum atomic E-state index is 10.7. The van der Waals surface area contributed by atoms with Gasteiger partial charge in [0.05, 0.1) is 25.6 Å². The Balaban J connectivity index is 1.75. The van der Waals surface area contributed by atoms with Crippen LogP contribution in [-0.2, 0) is 16.5 Å². The van der Waals surface area contributed by atoms with Crippen molar-refractivity contribution in [3.63, 3.8) is 0 Å². The van der Waals surface area contributed by atoms with Gasteiger partial charge in [0, 0.05) is 30.5 Å². The van der Waals surface area contributed by atoms with Crippen LogP contribution < -0.4 is 14.8 Å². The molecule has 11 heteroatoms. The van der Waals surface area contributed by atoms with Crippen molar-refractivity contribution in [1.82, 2.24) is 9.56 Å². The second-order valence-corrected chi connectivity index (χ2v) is 12.3. The molecule has 0 atom stereocenters. The number of rotatable bonds is 1. The minimum absolute atomic E-state index is 0.0225. The average Bonchev–Trinajstić information content (AvgIpc) is 2.92. The second kappa shape index (κ2) is 12.1. The van der Waals surface area contributed by atoms with E-state index in [1.807, 2.05) is 30.3 Å². The Bertz CT molecular complexity index is 1240. The fourth-order valence-corrected chi connectivity index (χ4v) is 6.22. The first-order valence-electron chi connectivity index (χ1n) is 11.6. The number of benzene rings is 3. The van der Waals surface area contributed by atoms with E-state index in [1.165, 1.54) is 0 Å². The van der Waals surface area contributed by atoms with Crippen LogP contribution >= 0.6 is 6.34 Å². The summed E-state index contributed by atoms with van der Waals surface area (Å²) >= 11 is 6.22. The van der Waals surface area contributed by atoms with E-state index in [0.29, 0.717) is 35.8 Å². The molecule has 4 rings (SSSR count). The summed E-state index contributed by atoms with van der Waals surface area (Å²) in [6, 6.07) is 20.0. The van der Waals surface area contributed by atoms with Gasteiger partial charge in [-0.1, -0.05) is 42.5 Å². The van der Waals surface area contributed by atoms with Crippen molar-refractivity contribution < 1.29 is 24.4 Å². The summed E-state index contributed by atoms with van der Waals surface area (Å²) in [4.78, 5) is 0. The van der Waals surface area contributed by atoms with Crippen molar-refractivity contribution >= 4 is 35.9 Å². The SMILES string of the molecule is CN1/N=C\c2cccc(c2O)OCCOCCOc2cccc(c2O)/C=N\N(C)P1(=S)c1ccccc1. The molecular weight excluding hydrogens is 511 g/mol. The summed E-state index contributed by atoms with van der Waals surface area (Å²) in [7, 11) is 3.56. The summed E-state index contributed by atoms with van der Waals surface area (Å²) in [5, 5.41) is 31.5. The fourth-order valence-electron chi connectivity index (χ4n) is 3.62. The summed E-state index contributed by atoms with van der Waals surface area (Å²) in [5.41, 5.74) is 0.964. The van der Waals surface area contributed by atoms with Crippen LogP contribution in [0.5, 0.6) is 23.0 Å². The Morgan fingerprint density at radius 1 is 0.703 bits per heavy atom. The van der Waals surface area contributed by atoms with E-state index < -0.39 is 6.34 Å². The second-order valence-electron chi connectivity index (χ2n) is 8.04. The number of hydrogen-bond donors (Lipinski definition) is 2. The molecule has 9 nitrogen and oxygen atoms in total. The smallest absolute Gasteiger partial charge is 0.183 e. The number of ether oxygens (including phenoxy) is 3. The predicted octanol–water partition coefficient (Wildman–Crippen LogP) is 3.75. The van der Waals surface area contributed by atoms with Gasteiger partial charge in [0.25, 0.3) is 0 Å². The lowest BCUT2D eigenvalue weighted by molar-refractivity contribution is 0.0751. The van der Waals surface area contributed by atoms with E-state index in [4.69, 9.17) is 26.0 Å². The highest BCUT2D eigenvalue weighted by Gasteiger charge is 2.29. The molecule has 0 unspecified atom stereocenters. The summed E-state index contributed by atoms with van der Waals surface area (Å²) in [5.74, 6) is 0.607. The summed E-state index contributed by atoms with van der Waals surface area (Å²) in [6.45, 7) is 1.08. The standard InChI is InChI=1S/C26H29N4O5PS/c1-29-27-18-20-8-6-12-23(25(20)31)34-16-14-33-15-17-35-24-13-7-9-21(26(24)32)19-28-30(2)36(29,37)22-10-4-3-5-11-22/h3-13,18-19,31-32H,14-17H2,1-2H3/b27-18-,28-19-. The quantitative estimate of drug-likeness (QED) is 0.451. The van der Waals surface area contributed by atoms with Crippen LogP contribution in [0.3, 0.4) is 0 Å². The topological polar surface area (TPSA) is 99.4 Å². The molecule has 0 spiro atoms. The van der Waals surface area contributed by atoms with Gasteiger partial charge in [0.15, 0.2) is 29.3 Å². The molecule has 0 saturated carbocycles. The van der Waals surface area contributed by atoms with E-state index >= 15 is 0 Å². The van der Waals surface area contributed by atoms with E-state index in [9.17, 15) is 10.2 Å². The van der Waals surface area contributed by atoms with Gasteiger partial charge >= 0.3 is 0 Å². The van der Waals surface area contributed by atoms with E-state index in [0.717, 1.165) is 5.30 Å². The van der Waals surface area contributed by atoms with Crippen LogP contribution in [0.2, 0.25) is 0 Å². The first kappa shape index (κ1) is 26.5. The number of fused-ring (bicyclic) bond motifs is 4. The third-order valence-electron chi connectivity index (χ3n) is 5.64. The van der Waals surface area contributed by atoms with Gasteiger partial charge < -0.3 is 24.4 Å². The lowest BCUT2D eigenvalue weighted by atomic mass is 10.2. The van der Waals surface area contributed by atoms with Crippen LogP contribution in [0.4, 0.5) is 0 Å². The van der Waals surface area contributed by atoms with Crippen molar-refractivity contribution in [3.8, 4) is 23.0 Å². The van der Waals surface area contributed by atoms with Gasteiger partial charge in [-0.3, -0.25) is 0 Å². The van der Waals surface area contributed by atoms with Crippen LogP contribution in [0.1, 0.15) is 11.1 Å². The largest absolute Gasteiger partial charge is 0.504 e. The number of para-hydroxylation sites is 2. The van der Waals surface area contributed by atoms with Gasteiger partial charge in [0.2, 0.25) is 0 Å². The maximum absolute atomic E-state index is 10.7. The van der Waals surface area contributed by atoms with Crippen molar-refractivity contribution in [2.75, 3.05) is 40.5 Å². The molecule has 37 heavy (non-hydrogen) atoms. The third-order valence-corrected chi connectivity index (χ3v) is 10.4. The lowest BCUT2D eigenvalue weighted by Gasteiger charge is -2.35. The van der Waals surface area contributed by atoms with Gasteiger partial charge in [-0.15, -0.1) is 0 Å². The minimum atomic E-state index is -2.74. The molecule has 194 valence electrons. The molecule has 0 aromatic heterocycles. The molecule has 1 aliphatic rings. The van der Waals surface area contributed by atoms with Gasteiger partial charge in [-0.2, -0.15) is 10.2 Å². The molecule has 2 N–H and O–H groups in total. The molecule has 3 aromatic carbocycles. The van der Waals surface area contributed by atoms with Crippen LogP contribution in [-0.4, -0.2) is 72.7 Å². The number of phenolic OH excluding ortho intramolecular Hbond substituents is 2. The van der Waals surface area contributed by atoms with Crippen molar-refractivity contribution in [2.24, 2.45) is 10.2 Å². The highest BCUT2D eigenvalue weighted by atomic mass is 32.4. The number of hydrazone groups is 2. The zero-order valence-corrected chi connectivity index (χ0v) is 22.3. The third kappa shape index (κ3) is 6.05. The minimum Gasteiger partial charge on any atom is -0.504 e. The van der Waals surface area contributed by atoms with Crippen LogP contribution in [0.25, 0.3) is 0 Å². The summed E-state index contributed by atoms with van der Waals surface area (Å²) in [6.07, 6.45) is 0.353. The molecule has 0 radical (unpaired) electrons. The Morgan fingerprint density at radius 2 is 1.19 bits per heavy atom. The molecule has 4 bridgehead atoms. The van der Waals surface area contributed by atoms with Gasteiger partial charge in [-0.05, 0) is 36.1 Å². The molecule has 3 aromatic rings. The average molecular weight is 541 g/mol. The van der Waals surface area contributed by atoms with Crippen LogP contribution in [0, 0.1) is 0 Å². The highest BCUT2D eigenvalue weighted by molar-refractivity contribution is 8.15. The monoisotopic (exact) mass is 540 g/mol. The Hall–Kier alpha value is -3.59. The van der Waals surface area contributed by atoms with Crippen molar-refractivity contribution in [1.29, 1.82) is 0 Å². The highest BCUT2D eigenvalue weighted by Crippen LogP contribution is 2.51. The Morgan fingerprint density at radius 3 is 1.68 bits per heavy atom. The zero-order chi connectivity index (χ0) is 26.3. The molecule has 0 fully saturated rings. The Kier molecular flexibility index (Phi) is 8.66. The van der Waals surface area contributed by atoms with E-state index in [-0.39, 0.29) is 24.7 Å². The molecular formula is C26H29N4O5PS. The molecule has 1 aliphatic heterocycles. The van der Waals surface area contributed by atoms with Crippen LogP contribution in [0.15, 0.2) is 76.9 Å². The first-order valence-corrected chi connectivity index (χ1v) is 14.3. The van der Waals surface area contributed by atoms with E-state index in [1.54, 1.807) is 72.5 Å². The number of aromatic hydroxyl groups is 2. The molecule has 0 amide bonds. The van der Waals surface area contributed by atoms with Crippen molar-refractivity contribution in [3.05, 3.63) is 77.9 Å². The van der Waals surface area contributed by atoms with Crippen molar-refractivity contribution in [2.45, 2.75) is 0 Å². The zero-order valence-electron chi connectivity index (χ0n) is 20.6. The lowest BCUT2D eigenvalue weighted by Crippen LogP contribution is -2.27. The maximum Gasteiger partial charge on any atom is 0.183 e. The predicted molar refractivity (Wildman–Crippen MR) is 149 cm³/mol. The van der Waals surface area contributed by atoms with Gasteiger partial charge in [0.1, 0.15) is 13.2 Å². The molecule has 0 saturated heterocycles. The number of phenols is 2. The number of hydrogen-bond acceptors (Lipinski definition) is 8. The van der Waals surface area contributed by atoms with Gasteiger partial charge in [-0.25, -0.2) is 9.56 Å².